The molecule has 0 fully saturated rings. The van der Waals surface area contributed by atoms with E-state index in [1.54, 1.807) is 49.6 Å². The molecule has 0 radical (unpaired) electrons. The largest absolute Gasteiger partial charge is 0.497 e. The van der Waals surface area contributed by atoms with Crippen LogP contribution in [0.2, 0.25) is 5.02 Å². The fourth-order valence-corrected chi connectivity index (χ4v) is 5.82. The Morgan fingerprint density at radius 1 is 1.00 bits per heavy atom. The lowest BCUT2D eigenvalue weighted by Gasteiger charge is -2.33. The van der Waals surface area contributed by atoms with Crippen molar-refractivity contribution < 1.29 is 22.7 Å². The van der Waals surface area contributed by atoms with Crippen LogP contribution in [0.1, 0.15) is 38.3 Å². The number of hydrogen-bond acceptors (Lipinski definition) is 5. The van der Waals surface area contributed by atoms with Gasteiger partial charge in [-0.05, 0) is 74.7 Å². The first-order chi connectivity index (χ1) is 19.0. The van der Waals surface area contributed by atoms with Gasteiger partial charge in [0, 0.05) is 17.6 Å². The summed E-state index contributed by atoms with van der Waals surface area (Å²) < 4.78 is 34.0. The van der Waals surface area contributed by atoms with Gasteiger partial charge in [-0.15, -0.1) is 0 Å². The number of aryl methyl sites for hydroxylation is 1. The minimum Gasteiger partial charge on any atom is -0.497 e. The van der Waals surface area contributed by atoms with Gasteiger partial charge in [0.05, 0.1) is 17.7 Å². The molecule has 0 saturated heterocycles. The van der Waals surface area contributed by atoms with Crippen molar-refractivity contribution in [2.24, 2.45) is 0 Å². The second-order valence-electron chi connectivity index (χ2n) is 9.72. The molecule has 2 amide bonds. The number of carbonyl (C=O) groups is 2. The van der Waals surface area contributed by atoms with Crippen molar-refractivity contribution in [1.29, 1.82) is 0 Å². The number of halogens is 1. The fraction of sp³-hybridized carbons (Fsp3) is 0.333. The molecule has 0 bridgehead atoms. The van der Waals surface area contributed by atoms with Gasteiger partial charge >= 0.3 is 0 Å². The van der Waals surface area contributed by atoms with E-state index in [1.807, 2.05) is 39.8 Å². The lowest BCUT2D eigenvalue weighted by atomic mass is 10.1. The van der Waals surface area contributed by atoms with Crippen LogP contribution in [-0.4, -0.2) is 50.9 Å². The minimum atomic E-state index is -4.16. The average molecular weight is 586 g/mol. The molecule has 1 N–H and O–H groups in total. The molecule has 0 heterocycles. The molecule has 40 heavy (non-hydrogen) atoms. The van der Waals surface area contributed by atoms with Crippen molar-refractivity contribution in [3.63, 3.8) is 0 Å². The van der Waals surface area contributed by atoms with Gasteiger partial charge in [-0.3, -0.25) is 13.9 Å². The van der Waals surface area contributed by atoms with Crippen LogP contribution in [0.25, 0.3) is 0 Å². The first kappa shape index (κ1) is 31.0. The molecule has 0 unspecified atom stereocenters. The molecule has 214 valence electrons. The Hall–Kier alpha value is -3.56. The van der Waals surface area contributed by atoms with Crippen molar-refractivity contribution in [3.8, 4) is 5.75 Å². The van der Waals surface area contributed by atoms with Gasteiger partial charge in [-0.2, -0.15) is 0 Å². The van der Waals surface area contributed by atoms with E-state index in [0.717, 1.165) is 15.4 Å². The summed E-state index contributed by atoms with van der Waals surface area (Å²) in [5, 5.41) is 3.26. The molecule has 10 heteroatoms. The van der Waals surface area contributed by atoms with E-state index in [-0.39, 0.29) is 29.1 Å². The van der Waals surface area contributed by atoms with Crippen LogP contribution in [0.4, 0.5) is 5.69 Å². The third-order valence-corrected chi connectivity index (χ3v) is 8.58. The van der Waals surface area contributed by atoms with Crippen LogP contribution in [0.5, 0.6) is 5.75 Å². The molecular weight excluding hydrogens is 550 g/mol. The maximum atomic E-state index is 14.1. The lowest BCUT2D eigenvalue weighted by Crippen LogP contribution is -2.53. The second kappa shape index (κ2) is 13.7. The number of ether oxygens (including phenoxy) is 1. The maximum Gasteiger partial charge on any atom is 0.264 e. The smallest absolute Gasteiger partial charge is 0.264 e. The van der Waals surface area contributed by atoms with Crippen LogP contribution in [0.3, 0.4) is 0 Å². The van der Waals surface area contributed by atoms with Crippen LogP contribution in [0, 0.1) is 6.92 Å². The lowest BCUT2D eigenvalue weighted by molar-refractivity contribution is -0.140. The minimum absolute atomic E-state index is 0.0331. The van der Waals surface area contributed by atoms with Gasteiger partial charge < -0.3 is 15.0 Å². The molecule has 1 atom stereocenters. The number of amides is 2. The summed E-state index contributed by atoms with van der Waals surface area (Å²) in [7, 11) is -2.59. The van der Waals surface area contributed by atoms with Crippen molar-refractivity contribution in [2.75, 3.05) is 18.0 Å². The Labute approximate surface area is 241 Å². The Kier molecular flexibility index (Phi) is 10.6. The summed E-state index contributed by atoms with van der Waals surface area (Å²) in [6, 6.07) is 19.0. The molecule has 3 aromatic carbocycles. The first-order valence-corrected chi connectivity index (χ1v) is 14.9. The van der Waals surface area contributed by atoms with Crippen molar-refractivity contribution in [1.82, 2.24) is 10.2 Å². The SMILES string of the molecule is CC[C@@H](C(=O)NC(C)C)N(Cc1ccc(OC)cc1)C(=O)CN(c1ccc(C)c(Cl)c1)S(=O)(=O)c1ccccc1. The third-order valence-electron chi connectivity index (χ3n) is 6.38. The highest BCUT2D eigenvalue weighted by Gasteiger charge is 2.34. The number of rotatable bonds is 12. The standard InChI is InChI=1S/C30H36ClN3O5S/c1-6-28(30(36)32-21(2)3)33(19-23-13-16-25(39-5)17-14-23)29(35)20-34(24-15-12-22(4)27(31)18-24)40(37,38)26-10-8-7-9-11-26/h7-18,21,28H,6,19-20H2,1-5H3,(H,32,36)/t28-/m0/s1. The average Bonchev–Trinajstić information content (AvgIpc) is 2.93. The summed E-state index contributed by atoms with van der Waals surface area (Å²) in [5.74, 6) is -0.185. The number of nitrogens with zero attached hydrogens (tertiary/aromatic N) is 2. The number of anilines is 1. The molecule has 0 aliphatic heterocycles. The quantitative estimate of drug-likeness (QED) is 0.316. The number of carbonyl (C=O) groups excluding carboxylic acids is 2. The number of hydrogen-bond donors (Lipinski definition) is 1. The molecular formula is C30H36ClN3O5S. The zero-order chi connectivity index (χ0) is 29.4. The second-order valence-corrected chi connectivity index (χ2v) is 12.0. The van der Waals surface area contributed by atoms with Gasteiger partial charge in [0.1, 0.15) is 18.3 Å². The highest BCUT2D eigenvalue weighted by molar-refractivity contribution is 7.92. The Morgan fingerprint density at radius 2 is 1.65 bits per heavy atom. The highest BCUT2D eigenvalue weighted by Crippen LogP contribution is 2.29. The van der Waals surface area contributed by atoms with Crippen molar-refractivity contribution >= 4 is 39.1 Å². The summed E-state index contributed by atoms with van der Waals surface area (Å²) in [5.41, 5.74) is 1.78. The molecule has 0 aliphatic carbocycles. The summed E-state index contributed by atoms with van der Waals surface area (Å²) in [6.07, 6.45) is 0.336. The van der Waals surface area contributed by atoms with Crippen LogP contribution in [0.15, 0.2) is 77.7 Å². The topological polar surface area (TPSA) is 96.0 Å². The summed E-state index contributed by atoms with van der Waals surface area (Å²) in [4.78, 5) is 28.7. The molecule has 0 spiro atoms. The number of nitrogens with one attached hydrogen (secondary N) is 1. The highest BCUT2D eigenvalue weighted by atomic mass is 35.5. The summed E-state index contributed by atoms with van der Waals surface area (Å²) >= 11 is 6.37. The van der Waals surface area contributed by atoms with Gasteiger partial charge in [0.25, 0.3) is 10.0 Å². The first-order valence-electron chi connectivity index (χ1n) is 13.0. The van der Waals surface area contributed by atoms with Crippen molar-refractivity contribution in [2.45, 2.75) is 57.6 Å². The number of sulfonamides is 1. The normalized spacial score (nSPS) is 12.1. The zero-order valence-corrected chi connectivity index (χ0v) is 25.0. The van der Waals surface area contributed by atoms with E-state index in [2.05, 4.69) is 5.32 Å². The molecule has 3 aromatic rings. The predicted octanol–water partition coefficient (Wildman–Crippen LogP) is 5.18. The van der Waals surface area contributed by atoms with Crippen LogP contribution in [-0.2, 0) is 26.2 Å². The third kappa shape index (κ3) is 7.55. The molecule has 0 aromatic heterocycles. The van der Waals surface area contributed by atoms with Gasteiger partial charge in [0.15, 0.2) is 0 Å². The van der Waals surface area contributed by atoms with E-state index >= 15 is 0 Å². The molecule has 8 nitrogen and oxygen atoms in total. The van der Waals surface area contributed by atoms with E-state index in [0.29, 0.717) is 17.2 Å². The maximum absolute atomic E-state index is 14.1. The monoisotopic (exact) mass is 585 g/mol. The Balaban J connectivity index is 2.07. The number of benzene rings is 3. The summed E-state index contributed by atoms with van der Waals surface area (Å²) in [6.45, 7) is 6.88. The van der Waals surface area contributed by atoms with E-state index < -0.39 is 28.5 Å². The van der Waals surface area contributed by atoms with Crippen LogP contribution >= 0.6 is 11.6 Å². The van der Waals surface area contributed by atoms with E-state index in [1.165, 1.54) is 23.1 Å². The zero-order valence-electron chi connectivity index (χ0n) is 23.4. The van der Waals surface area contributed by atoms with Crippen LogP contribution < -0.4 is 14.4 Å². The van der Waals surface area contributed by atoms with Gasteiger partial charge in [-0.1, -0.05) is 54.9 Å². The van der Waals surface area contributed by atoms with Gasteiger partial charge in [0.2, 0.25) is 11.8 Å². The predicted molar refractivity (Wildman–Crippen MR) is 158 cm³/mol. The Bertz CT molecular complexity index is 1410. The van der Waals surface area contributed by atoms with Crippen molar-refractivity contribution in [3.05, 3.63) is 88.9 Å². The van der Waals surface area contributed by atoms with Gasteiger partial charge in [-0.25, -0.2) is 8.42 Å². The Morgan fingerprint density at radius 3 is 2.20 bits per heavy atom. The molecule has 0 aliphatic rings. The van der Waals surface area contributed by atoms with E-state index in [9.17, 15) is 18.0 Å². The fourth-order valence-electron chi connectivity index (χ4n) is 4.21. The molecule has 3 rings (SSSR count). The van der Waals surface area contributed by atoms with E-state index in [4.69, 9.17) is 16.3 Å². The molecule has 0 saturated carbocycles. The number of methoxy groups -OCH3 is 1.